The van der Waals surface area contributed by atoms with Crippen molar-refractivity contribution in [2.45, 2.75) is 35.9 Å². The summed E-state index contributed by atoms with van der Waals surface area (Å²) in [5.41, 5.74) is 0.589. The van der Waals surface area contributed by atoms with E-state index in [9.17, 15) is 13.2 Å². The minimum Gasteiger partial charge on any atom is -0.352 e. The molecule has 1 aliphatic heterocycles. The highest BCUT2D eigenvalue weighted by molar-refractivity contribution is 9.10. The lowest BCUT2D eigenvalue weighted by molar-refractivity contribution is 0.0949. The van der Waals surface area contributed by atoms with Gasteiger partial charge in [0.1, 0.15) is 4.21 Å². The highest BCUT2D eigenvalue weighted by atomic mass is 79.9. The van der Waals surface area contributed by atoms with Crippen LogP contribution in [0.15, 0.2) is 50.5 Å². The summed E-state index contributed by atoms with van der Waals surface area (Å²) in [7, 11) is -3.44. The average Bonchev–Trinajstić information content (AvgIpc) is 3.17. The van der Waals surface area contributed by atoms with E-state index >= 15 is 0 Å². The zero-order valence-corrected chi connectivity index (χ0v) is 17.4. The monoisotopic (exact) mass is 456 g/mol. The van der Waals surface area contributed by atoms with E-state index in [0.717, 1.165) is 23.7 Å². The van der Waals surface area contributed by atoms with Gasteiger partial charge in [-0.3, -0.25) is 4.79 Å². The second-order valence-electron chi connectivity index (χ2n) is 6.25. The van der Waals surface area contributed by atoms with E-state index in [1.807, 2.05) is 12.1 Å². The van der Waals surface area contributed by atoms with Crippen LogP contribution in [0.1, 0.15) is 36.0 Å². The van der Waals surface area contributed by atoms with Crippen LogP contribution in [0.25, 0.3) is 0 Å². The van der Waals surface area contributed by atoms with Gasteiger partial charge in [0, 0.05) is 29.2 Å². The molecular weight excluding hydrogens is 436 g/mol. The molecule has 0 radical (unpaired) electrons. The third-order valence-electron chi connectivity index (χ3n) is 4.48. The first-order valence-corrected chi connectivity index (χ1v) is 11.7. The normalized spacial score (nSPS) is 18.6. The number of amides is 1. The van der Waals surface area contributed by atoms with E-state index in [4.69, 9.17) is 0 Å². The Morgan fingerprint density at radius 3 is 2.85 bits per heavy atom. The van der Waals surface area contributed by atoms with Gasteiger partial charge in [-0.15, -0.1) is 11.3 Å². The SMILES string of the molecule is O=C(NCCC1CCCCN1S(=O)(=O)c1cccs1)c1cccc(Br)c1. The van der Waals surface area contributed by atoms with Crippen LogP contribution in [0.3, 0.4) is 0 Å². The first-order valence-electron chi connectivity index (χ1n) is 8.57. The topological polar surface area (TPSA) is 66.5 Å². The summed E-state index contributed by atoms with van der Waals surface area (Å²) < 4.78 is 28.6. The molecule has 1 N–H and O–H groups in total. The molecule has 0 aliphatic carbocycles. The van der Waals surface area contributed by atoms with Crippen molar-refractivity contribution >= 4 is 43.2 Å². The van der Waals surface area contributed by atoms with Gasteiger partial charge >= 0.3 is 0 Å². The van der Waals surface area contributed by atoms with Crippen LogP contribution < -0.4 is 5.32 Å². The quantitative estimate of drug-likeness (QED) is 0.716. The molecule has 140 valence electrons. The summed E-state index contributed by atoms with van der Waals surface area (Å²) >= 11 is 4.61. The number of benzene rings is 1. The molecule has 2 heterocycles. The molecule has 1 fully saturated rings. The fourth-order valence-electron chi connectivity index (χ4n) is 3.19. The molecule has 1 aromatic carbocycles. The minimum atomic E-state index is -3.44. The Hall–Kier alpha value is -1.22. The minimum absolute atomic E-state index is 0.0707. The Morgan fingerprint density at radius 2 is 2.12 bits per heavy atom. The maximum Gasteiger partial charge on any atom is 0.252 e. The fraction of sp³-hybridized carbons (Fsp3) is 0.389. The number of hydrogen-bond donors (Lipinski definition) is 1. The summed E-state index contributed by atoms with van der Waals surface area (Å²) in [6.45, 7) is 0.997. The molecular formula is C18H21BrN2O3S2. The van der Waals surface area contributed by atoms with Crippen molar-refractivity contribution in [2.75, 3.05) is 13.1 Å². The van der Waals surface area contributed by atoms with Gasteiger partial charge < -0.3 is 5.32 Å². The standard InChI is InChI=1S/C18H21BrN2O3S2/c19-15-6-3-5-14(13-15)18(22)20-10-9-16-7-1-2-11-21(16)26(23,24)17-8-4-12-25-17/h3-6,8,12-13,16H,1-2,7,9-11H2,(H,20,22). The average molecular weight is 457 g/mol. The lowest BCUT2D eigenvalue weighted by atomic mass is 10.0. The second-order valence-corrected chi connectivity index (χ2v) is 10.2. The first kappa shape index (κ1) is 19.5. The highest BCUT2D eigenvalue weighted by Crippen LogP contribution is 2.29. The highest BCUT2D eigenvalue weighted by Gasteiger charge is 2.33. The fourth-order valence-corrected chi connectivity index (χ4v) is 6.43. The number of thiophene rings is 1. The van der Waals surface area contributed by atoms with Crippen molar-refractivity contribution in [2.24, 2.45) is 0 Å². The molecule has 3 rings (SSSR count). The first-order chi connectivity index (χ1) is 12.5. The molecule has 0 bridgehead atoms. The summed E-state index contributed by atoms with van der Waals surface area (Å²) in [5.74, 6) is -0.144. The summed E-state index contributed by atoms with van der Waals surface area (Å²) in [6.07, 6.45) is 3.34. The van der Waals surface area contributed by atoms with Crippen molar-refractivity contribution < 1.29 is 13.2 Å². The summed E-state index contributed by atoms with van der Waals surface area (Å²) in [5, 5.41) is 4.68. The summed E-state index contributed by atoms with van der Waals surface area (Å²) in [6, 6.07) is 10.5. The van der Waals surface area contributed by atoms with Gasteiger partial charge in [0.15, 0.2) is 0 Å². The van der Waals surface area contributed by atoms with Crippen molar-refractivity contribution in [3.63, 3.8) is 0 Å². The number of piperidine rings is 1. The number of sulfonamides is 1. The number of nitrogens with one attached hydrogen (secondary N) is 1. The second kappa shape index (κ2) is 8.65. The lowest BCUT2D eigenvalue weighted by Gasteiger charge is -2.34. The maximum absolute atomic E-state index is 12.9. The molecule has 5 nitrogen and oxygen atoms in total. The van der Waals surface area contributed by atoms with Crippen LogP contribution in [0.4, 0.5) is 0 Å². The molecule has 1 aromatic heterocycles. The Bertz CT molecular complexity index is 853. The number of rotatable bonds is 6. The van der Waals surface area contributed by atoms with Gasteiger partial charge in [-0.1, -0.05) is 34.5 Å². The van der Waals surface area contributed by atoms with Crippen molar-refractivity contribution in [3.05, 3.63) is 51.8 Å². The molecule has 0 spiro atoms. The van der Waals surface area contributed by atoms with Crippen LogP contribution in [-0.2, 0) is 10.0 Å². The summed E-state index contributed by atoms with van der Waals surface area (Å²) in [4.78, 5) is 12.2. The predicted molar refractivity (Wildman–Crippen MR) is 107 cm³/mol. The molecule has 1 amide bonds. The van der Waals surface area contributed by atoms with Crippen molar-refractivity contribution in [1.29, 1.82) is 0 Å². The van der Waals surface area contributed by atoms with Gasteiger partial charge in [-0.25, -0.2) is 8.42 Å². The van der Waals surface area contributed by atoms with Crippen LogP contribution in [0, 0.1) is 0 Å². The number of nitrogens with zero attached hydrogens (tertiary/aromatic N) is 1. The molecule has 8 heteroatoms. The zero-order chi connectivity index (χ0) is 18.6. The molecule has 1 aliphatic rings. The van der Waals surface area contributed by atoms with Crippen molar-refractivity contribution in [1.82, 2.24) is 9.62 Å². The number of carbonyl (C=O) groups excluding carboxylic acids is 1. The van der Waals surface area contributed by atoms with Gasteiger partial charge in [-0.05, 0) is 48.9 Å². The third kappa shape index (κ3) is 4.54. The Morgan fingerprint density at radius 1 is 1.27 bits per heavy atom. The van der Waals surface area contributed by atoms with E-state index < -0.39 is 10.0 Å². The van der Waals surface area contributed by atoms with Gasteiger partial charge in [0.05, 0.1) is 0 Å². The number of hydrogen-bond acceptors (Lipinski definition) is 4. The predicted octanol–water partition coefficient (Wildman–Crippen LogP) is 3.87. The third-order valence-corrected chi connectivity index (χ3v) is 8.30. The van der Waals surface area contributed by atoms with Crippen LogP contribution in [0.5, 0.6) is 0 Å². The maximum atomic E-state index is 12.9. The largest absolute Gasteiger partial charge is 0.352 e. The smallest absolute Gasteiger partial charge is 0.252 e. The van der Waals surface area contributed by atoms with Gasteiger partial charge in [0.2, 0.25) is 0 Å². The van der Waals surface area contributed by atoms with Crippen molar-refractivity contribution in [3.8, 4) is 0 Å². The number of halogens is 1. The Kier molecular flexibility index (Phi) is 6.50. The van der Waals surface area contributed by atoms with Gasteiger partial charge in [-0.2, -0.15) is 4.31 Å². The van der Waals surface area contributed by atoms with Crippen LogP contribution >= 0.6 is 27.3 Å². The molecule has 26 heavy (non-hydrogen) atoms. The molecule has 1 unspecified atom stereocenters. The van der Waals surface area contributed by atoms with E-state index in [0.29, 0.717) is 29.3 Å². The van der Waals surface area contributed by atoms with E-state index in [1.54, 1.807) is 34.0 Å². The Labute approximate surface area is 166 Å². The molecule has 1 atom stereocenters. The Balaban J connectivity index is 1.61. The van der Waals surface area contributed by atoms with Crippen LogP contribution in [-0.4, -0.2) is 37.8 Å². The lowest BCUT2D eigenvalue weighted by Crippen LogP contribution is -2.44. The molecule has 2 aromatic rings. The van der Waals surface area contributed by atoms with Gasteiger partial charge in [0.25, 0.3) is 15.9 Å². The molecule has 0 saturated carbocycles. The molecule has 1 saturated heterocycles. The van der Waals surface area contributed by atoms with E-state index in [2.05, 4.69) is 21.2 Å². The number of carbonyl (C=O) groups is 1. The van der Waals surface area contributed by atoms with Crippen LogP contribution in [0.2, 0.25) is 0 Å². The van der Waals surface area contributed by atoms with E-state index in [1.165, 1.54) is 11.3 Å². The zero-order valence-electron chi connectivity index (χ0n) is 14.2. The van der Waals surface area contributed by atoms with E-state index in [-0.39, 0.29) is 11.9 Å².